The molecule has 0 radical (unpaired) electrons. The van der Waals surface area contributed by atoms with Crippen molar-refractivity contribution in [3.05, 3.63) is 77.4 Å². The van der Waals surface area contributed by atoms with Crippen LogP contribution in [-0.4, -0.2) is 0 Å². The van der Waals surface area contributed by atoms with Crippen LogP contribution in [0.4, 0.5) is 0 Å². The quantitative estimate of drug-likeness (QED) is 0.277. The second-order valence-corrected chi connectivity index (χ2v) is 9.25. The van der Waals surface area contributed by atoms with Gasteiger partial charge in [0.25, 0.3) is 0 Å². The highest BCUT2D eigenvalue weighted by Crippen LogP contribution is 2.41. The summed E-state index contributed by atoms with van der Waals surface area (Å²) >= 11 is 0. The van der Waals surface area contributed by atoms with E-state index in [1.54, 1.807) is 0 Å². The molecule has 0 spiro atoms. The van der Waals surface area contributed by atoms with E-state index in [1.807, 2.05) is 0 Å². The lowest BCUT2D eigenvalue weighted by Gasteiger charge is -2.10. The third-order valence-corrected chi connectivity index (χ3v) is 7.47. The molecule has 1 aliphatic rings. The van der Waals surface area contributed by atoms with Crippen LogP contribution < -0.4 is 4.57 Å². The highest BCUT2D eigenvalue weighted by atomic mass is 16.3. The maximum absolute atomic E-state index is 6.63. The zero-order valence-electron chi connectivity index (χ0n) is 18.5. The molecule has 1 aliphatic carbocycles. The average molecular weight is 407 g/mol. The van der Waals surface area contributed by atoms with Crippen molar-refractivity contribution in [3.8, 4) is 11.3 Å². The fourth-order valence-corrected chi connectivity index (χ4v) is 5.57. The number of furan rings is 1. The van der Waals surface area contributed by atoms with Crippen LogP contribution in [0.15, 0.2) is 65.1 Å². The van der Waals surface area contributed by atoms with E-state index in [1.165, 1.54) is 75.3 Å². The summed E-state index contributed by atoms with van der Waals surface area (Å²) in [5, 5.41) is 3.70. The zero-order chi connectivity index (χ0) is 21.1. The molecule has 0 amide bonds. The highest BCUT2D eigenvalue weighted by molar-refractivity contribution is 6.10. The van der Waals surface area contributed by atoms with E-state index in [9.17, 15) is 0 Å². The van der Waals surface area contributed by atoms with Gasteiger partial charge in [0.1, 0.15) is 18.2 Å². The number of benzene rings is 3. The summed E-state index contributed by atoms with van der Waals surface area (Å²) in [6.45, 7) is 4.43. The van der Waals surface area contributed by atoms with Crippen LogP contribution in [0.3, 0.4) is 0 Å². The Morgan fingerprint density at radius 2 is 1.68 bits per heavy atom. The molecule has 5 aromatic rings. The molecular weight excluding hydrogens is 378 g/mol. The molecule has 0 N–H and O–H groups in total. The highest BCUT2D eigenvalue weighted by Gasteiger charge is 2.24. The Balaban J connectivity index is 1.64. The monoisotopic (exact) mass is 406 g/mol. The Morgan fingerprint density at radius 1 is 0.871 bits per heavy atom. The lowest BCUT2D eigenvalue weighted by atomic mass is 9.94. The first-order valence-electron chi connectivity index (χ1n) is 11.5. The van der Waals surface area contributed by atoms with Crippen molar-refractivity contribution in [1.29, 1.82) is 0 Å². The number of pyridine rings is 1. The van der Waals surface area contributed by atoms with Crippen LogP contribution >= 0.6 is 0 Å². The third-order valence-electron chi connectivity index (χ3n) is 7.47. The molecule has 2 nitrogen and oxygen atoms in total. The Kier molecular flexibility index (Phi) is 4.17. The van der Waals surface area contributed by atoms with Gasteiger partial charge in [-0.3, -0.25) is 0 Å². The fraction of sp³-hybridized carbons (Fsp3) is 0.276. The number of para-hydroxylation sites is 1. The molecule has 0 atom stereocenters. The normalized spacial score (nSPS) is 14.9. The summed E-state index contributed by atoms with van der Waals surface area (Å²) < 4.78 is 8.93. The Hall–Kier alpha value is -3.13. The molecule has 0 aliphatic heterocycles. The van der Waals surface area contributed by atoms with Gasteiger partial charge in [0, 0.05) is 28.3 Å². The van der Waals surface area contributed by atoms with Gasteiger partial charge in [-0.25, -0.2) is 0 Å². The number of hydrogen-bond donors (Lipinski definition) is 0. The third kappa shape index (κ3) is 2.81. The number of fused-ring (bicyclic) bond motifs is 4. The maximum Gasteiger partial charge on any atom is 0.216 e. The minimum absolute atomic E-state index is 0.693. The second kappa shape index (κ2) is 6.95. The van der Waals surface area contributed by atoms with Gasteiger partial charge in [-0.15, -0.1) is 0 Å². The topological polar surface area (TPSA) is 17.0 Å². The first kappa shape index (κ1) is 18.6. The van der Waals surface area contributed by atoms with E-state index in [-0.39, 0.29) is 0 Å². The van der Waals surface area contributed by atoms with Crippen molar-refractivity contribution < 1.29 is 8.98 Å². The van der Waals surface area contributed by atoms with Gasteiger partial charge in [-0.1, -0.05) is 37.1 Å². The van der Waals surface area contributed by atoms with Gasteiger partial charge < -0.3 is 4.42 Å². The summed E-state index contributed by atoms with van der Waals surface area (Å²) in [6.07, 6.45) is 5.32. The number of nitrogens with zero attached hydrogens (tertiary/aromatic N) is 1. The predicted molar refractivity (Wildman–Crippen MR) is 129 cm³/mol. The molecule has 6 rings (SSSR count). The number of hydrogen-bond acceptors (Lipinski definition) is 1. The van der Waals surface area contributed by atoms with E-state index in [0.717, 1.165) is 11.2 Å². The van der Waals surface area contributed by atoms with Gasteiger partial charge >= 0.3 is 0 Å². The van der Waals surface area contributed by atoms with Crippen molar-refractivity contribution in [2.24, 2.45) is 7.05 Å². The van der Waals surface area contributed by atoms with Crippen molar-refractivity contribution >= 4 is 32.8 Å². The molecule has 2 heteroatoms. The summed E-state index contributed by atoms with van der Waals surface area (Å²) in [4.78, 5) is 0. The standard InChI is InChI=1S/C29H28NO/c1-18-16-24-23-14-12-22(20-8-4-5-9-20)17-27(23)31-29(24)28(19(18)2)26-15-13-21-10-6-7-11-25(21)30(26)3/h6-7,10-17,20H,4-5,8-9H2,1-3H3/q+1. The molecule has 0 bridgehead atoms. The van der Waals surface area contributed by atoms with Crippen molar-refractivity contribution in [1.82, 2.24) is 0 Å². The zero-order valence-corrected chi connectivity index (χ0v) is 18.5. The molecule has 3 aromatic carbocycles. The molecule has 0 saturated heterocycles. The van der Waals surface area contributed by atoms with Crippen LogP contribution in [0.1, 0.15) is 48.3 Å². The second-order valence-electron chi connectivity index (χ2n) is 9.25. The van der Waals surface area contributed by atoms with Gasteiger partial charge in [0.15, 0.2) is 0 Å². The van der Waals surface area contributed by atoms with Crippen molar-refractivity contribution in [2.45, 2.75) is 45.4 Å². The van der Waals surface area contributed by atoms with Crippen LogP contribution in [0.2, 0.25) is 0 Å². The van der Waals surface area contributed by atoms with E-state index >= 15 is 0 Å². The van der Waals surface area contributed by atoms with E-state index in [0.29, 0.717) is 5.92 Å². The van der Waals surface area contributed by atoms with Gasteiger partial charge in [0.05, 0.1) is 5.56 Å². The maximum atomic E-state index is 6.63. The molecule has 0 unspecified atom stereocenters. The van der Waals surface area contributed by atoms with E-state index < -0.39 is 0 Å². The molecular formula is C29H28NO+. The Bertz CT molecular complexity index is 1470. The van der Waals surface area contributed by atoms with Crippen LogP contribution in [-0.2, 0) is 7.05 Å². The molecule has 154 valence electrons. The van der Waals surface area contributed by atoms with Gasteiger partial charge in [-0.2, -0.15) is 4.57 Å². The largest absolute Gasteiger partial charge is 0.455 e. The number of aromatic nitrogens is 1. The van der Waals surface area contributed by atoms with Crippen molar-refractivity contribution in [2.75, 3.05) is 0 Å². The average Bonchev–Trinajstić information content (AvgIpc) is 3.44. The first-order chi connectivity index (χ1) is 15.1. The van der Waals surface area contributed by atoms with Crippen molar-refractivity contribution in [3.63, 3.8) is 0 Å². The number of rotatable bonds is 2. The SMILES string of the molecule is Cc1cc2c(oc3cc(C4CCCC4)ccc32)c(-c2ccc3ccccc3[n+]2C)c1C. The fourth-order valence-electron chi connectivity index (χ4n) is 5.57. The smallest absolute Gasteiger partial charge is 0.216 e. The summed E-state index contributed by atoms with van der Waals surface area (Å²) in [6, 6.07) is 22.2. The minimum atomic E-state index is 0.693. The van der Waals surface area contributed by atoms with Gasteiger partial charge in [-0.05, 0) is 73.6 Å². The van der Waals surface area contributed by atoms with Crippen LogP contribution in [0, 0.1) is 13.8 Å². The predicted octanol–water partition coefficient (Wildman–Crippen LogP) is 7.51. The molecule has 31 heavy (non-hydrogen) atoms. The van der Waals surface area contributed by atoms with Crippen LogP contribution in [0.5, 0.6) is 0 Å². The summed E-state index contributed by atoms with van der Waals surface area (Å²) in [5.74, 6) is 0.693. The molecule has 1 fully saturated rings. The van der Waals surface area contributed by atoms with E-state index in [4.69, 9.17) is 4.42 Å². The summed E-state index contributed by atoms with van der Waals surface area (Å²) in [7, 11) is 2.16. The summed E-state index contributed by atoms with van der Waals surface area (Å²) in [5.41, 5.74) is 9.69. The number of aryl methyl sites for hydroxylation is 2. The van der Waals surface area contributed by atoms with Gasteiger partial charge in [0.2, 0.25) is 11.2 Å². The molecule has 2 heterocycles. The van der Waals surface area contributed by atoms with E-state index in [2.05, 4.69) is 86.1 Å². The molecule has 2 aromatic heterocycles. The lowest BCUT2D eigenvalue weighted by molar-refractivity contribution is -0.633. The molecule has 1 saturated carbocycles. The van der Waals surface area contributed by atoms with Crippen LogP contribution in [0.25, 0.3) is 44.1 Å². The minimum Gasteiger partial charge on any atom is -0.455 e. The first-order valence-corrected chi connectivity index (χ1v) is 11.5. The lowest BCUT2D eigenvalue weighted by Crippen LogP contribution is -2.32. The Labute approximate surface area is 183 Å². The Morgan fingerprint density at radius 3 is 2.52 bits per heavy atom.